The number of aliphatic imine (C=N–C) groups is 1. The summed E-state index contributed by atoms with van der Waals surface area (Å²) in [5.74, 6) is -0.533. The molecule has 2 aromatic rings. The number of hydrogen-bond donors (Lipinski definition) is 2. The largest absolute Gasteiger partial charge is 0.356 e. The van der Waals surface area contributed by atoms with E-state index in [4.69, 9.17) is 0 Å². The van der Waals surface area contributed by atoms with Crippen molar-refractivity contribution in [3.63, 3.8) is 0 Å². The van der Waals surface area contributed by atoms with Crippen molar-refractivity contribution in [2.24, 2.45) is 4.99 Å². The quantitative estimate of drug-likeness (QED) is 0.383. The number of guanidine groups is 1. The molecule has 2 rings (SSSR count). The molecule has 24 heavy (non-hydrogen) atoms. The number of nitrogens with zero attached hydrogens (tertiary/aromatic N) is 1. The minimum absolute atomic E-state index is 0. The zero-order valence-electron chi connectivity index (χ0n) is 13.8. The van der Waals surface area contributed by atoms with Gasteiger partial charge in [-0.05, 0) is 30.0 Å². The van der Waals surface area contributed by atoms with Crippen LogP contribution in [0, 0.1) is 11.6 Å². The van der Waals surface area contributed by atoms with Crippen LogP contribution in [0.25, 0.3) is 0 Å². The molecule has 0 bridgehead atoms. The molecular formula is C17H22F2IN3S. The number of halogens is 3. The van der Waals surface area contributed by atoms with Crippen LogP contribution in [0.15, 0.2) is 40.7 Å². The zero-order chi connectivity index (χ0) is 16.8. The van der Waals surface area contributed by atoms with Gasteiger partial charge in [0.1, 0.15) is 11.6 Å². The first kappa shape index (κ1) is 20.8. The Bertz CT molecular complexity index is 662. The second kappa shape index (κ2) is 9.93. The topological polar surface area (TPSA) is 36.4 Å². The van der Waals surface area contributed by atoms with Crippen LogP contribution in [-0.2, 0) is 0 Å². The molecule has 2 unspecified atom stereocenters. The van der Waals surface area contributed by atoms with Crippen molar-refractivity contribution in [3.05, 3.63) is 57.8 Å². The average molecular weight is 465 g/mol. The maximum absolute atomic E-state index is 13.8. The number of rotatable bonds is 5. The fourth-order valence-electron chi connectivity index (χ4n) is 2.27. The van der Waals surface area contributed by atoms with Crippen LogP contribution in [0.5, 0.6) is 0 Å². The molecule has 0 saturated carbocycles. The van der Waals surface area contributed by atoms with Crippen LogP contribution in [0.4, 0.5) is 8.78 Å². The van der Waals surface area contributed by atoms with Gasteiger partial charge in [-0.2, -0.15) is 0 Å². The van der Waals surface area contributed by atoms with Crippen LogP contribution in [-0.4, -0.2) is 19.6 Å². The smallest absolute Gasteiger partial charge is 0.191 e. The summed E-state index contributed by atoms with van der Waals surface area (Å²) in [6.07, 6.45) is 0. The summed E-state index contributed by atoms with van der Waals surface area (Å²) in [5.41, 5.74) is 0.487. The highest BCUT2D eigenvalue weighted by atomic mass is 127. The molecule has 2 N–H and O–H groups in total. The molecule has 0 fully saturated rings. The Labute approximate surface area is 162 Å². The SMILES string of the molecule is CN=C(NCC(C)c1ccc(F)cc1F)NC(C)c1cccs1.I. The Balaban J connectivity index is 0.00000288. The molecule has 7 heteroatoms. The second-order valence-corrected chi connectivity index (χ2v) is 6.38. The van der Waals surface area contributed by atoms with Crippen LogP contribution in [0.2, 0.25) is 0 Å². The Kier molecular flexibility index (Phi) is 8.61. The number of hydrogen-bond acceptors (Lipinski definition) is 2. The molecule has 0 aliphatic heterocycles. The molecule has 0 aliphatic rings. The lowest BCUT2D eigenvalue weighted by atomic mass is 10.0. The second-order valence-electron chi connectivity index (χ2n) is 5.40. The molecule has 1 aromatic carbocycles. The third kappa shape index (κ3) is 5.70. The normalized spacial score (nSPS) is 13.8. The van der Waals surface area contributed by atoms with E-state index in [1.807, 2.05) is 18.4 Å². The number of thiophene rings is 1. The first-order valence-corrected chi connectivity index (χ1v) is 8.34. The van der Waals surface area contributed by atoms with Gasteiger partial charge in [-0.25, -0.2) is 8.78 Å². The standard InChI is InChI=1S/C17H21F2N3S.HI/c1-11(14-7-6-13(18)9-15(14)19)10-21-17(20-3)22-12(2)16-5-4-8-23-16;/h4-9,11-12H,10H2,1-3H3,(H2,20,21,22);1H. The van der Waals surface area contributed by atoms with Gasteiger partial charge in [0.05, 0.1) is 6.04 Å². The van der Waals surface area contributed by atoms with Crippen LogP contribution in [0.3, 0.4) is 0 Å². The van der Waals surface area contributed by atoms with Gasteiger partial charge in [-0.15, -0.1) is 35.3 Å². The molecule has 2 atom stereocenters. The van der Waals surface area contributed by atoms with Gasteiger partial charge < -0.3 is 10.6 Å². The van der Waals surface area contributed by atoms with Crippen LogP contribution < -0.4 is 10.6 Å². The third-order valence-electron chi connectivity index (χ3n) is 3.62. The van der Waals surface area contributed by atoms with E-state index in [0.29, 0.717) is 18.1 Å². The predicted molar refractivity (Wildman–Crippen MR) is 107 cm³/mol. The fraction of sp³-hybridized carbons (Fsp3) is 0.353. The van der Waals surface area contributed by atoms with Gasteiger partial charge in [0.15, 0.2) is 5.96 Å². The minimum atomic E-state index is -0.561. The van der Waals surface area contributed by atoms with Gasteiger partial charge in [-0.3, -0.25) is 4.99 Å². The summed E-state index contributed by atoms with van der Waals surface area (Å²) in [5, 5.41) is 8.51. The highest BCUT2D eigenvalue weighted by molar-refractivity contribution is 14.0. The summed E-state index contributed by atoms with van der Waals surface area (Å²) in [6.45, 7) is 4.44. The van der Waals surface area contributed by atoms with Crippen molar-refractivity contribution in [1.29, 1.82) is 0 Å². The van der Waals surface area contributed by atoms with Crippen molar-refractivity contribution in [3.8, 4) is 0 Å². The molecule has 1 heterocycles. The predicted octanol–water partition coefficient (Wildman–Crippen LogP) is 4.67. The molecule has 0 amide bonds. The van der Waals surface area contributed by atoms with E-state index in [1.54, 1.807) is 18.4 Å². The van der Waals surface area contributed by atoms with Crippen molar-refractivity contribution >= 4 is 41.3 Å². The fourth-order valence-corrected chi connectivity index (χ4v) is 3.00. The molecule has 0 spiro atoms. The lowest BCUT2D eigenvalue weighted by Crippen LogP contribution is -2.40. The lowest BCUT2D eigenvalue weighted by molar-refractivity contribution is 0.555. The van der Waals surface area contributed by atoms with Crippen molar-refractivity contribution in [2.75, 3.05) is 13.6 Å². The molecule has 0 radical (unpaired) electrons. The molecule has 0 saturated heterocycles. The molecule has 0 aliphatic carbocycles. The van der Waals surface area contributed by atoms with Gasteiger partial charge in [0.25, 0.3) is 0 Å². The van der Waals surface area contributed by atoms with Crippen LogP contribution >= 0.6 is 35.3 Å². The maximum atomic E-state index is 13.8. The Hall–Kier alpha value is -1.22. The zero-order valence-corrected chi connectivity index (χ0v) is 17.0. The first-order chi connectivity index (χ1) is 11.0. The van der Waals surface area contributed by atoms with Gasteiger partial charge >= 0.3 is 0 Å². The average Bonchev–Trinajstić information content (AvgIpc) is 3.05. The van der Waals surface area contributed by atoms with Gasteiger partial charge in [0, 0.05) is 30.5 Å². The highest BCUT2D eigenvalue weighted by Gasteiger charge is 2.13. The summed E-state index contributed by atoms with van der Waals surface area (Å²) < 4.78 is 26.8. The van der Waals surface area contributed by atoms with Crippen molar-refractivity contribution in [2.45, 2.75) is 25.8 Å². The lowest BCUT2D eigenvalue weighted by Gasteiger charge is -2.19. The highest BCUT2D eigenvalue weighted by Crippen LogP contribution is 2.20. The number of benzene rings is 1. The van der Waals surface area contributed by atoms with E-state index < -0.39 is 11.6 Å². The van der Waals surface area contributed by atoms with Crippen molar-refractivity contribution in [1.82, 2.24) is 10.6 Å². The summed E-state index contributed by atoms with van der Waals surface area (Å²) >= 11 is 1.68. The first-order valence-electron chi connectivity index (χ1n) is 7.46. The molecule has 3 nitrogen and oxygen atoms in total. The summed E-state index contributed by atoms with van der Waals surface area (Å²) in [6, 6.07) is 7.89. The molecular weight excluding hydrogens is 443 g/mol. The van der Waals surface area contributed by atoms with Crippen LogP contribution in [0.1, 0.15) is 36.2 Å². The Morgan fingerprint density at radius 3 is 2.58 bits per heavy atom. The molecule has 1 aromatic heterocycles. The maximum Gasteiger partial charge on any atom is 0.191 e. The summed E-state index contributed by atoms with van der Waals surface area (Å²) in [7, 11) is 1.69. The van der Waals surface area contributed by atoms with E-state index in [9.17, 15) is 8.78 Å². The van der Waals surface area contributed by atoms with E-state index >= 15 is 0 Å². The molecule has 132 valence electrons. The minimum Gasteiger partial charge on any atom is -0.356 e. The van der Waals surface area contributed by atoms with E-state index in [2.05, 4.69) is 28.6 Å². The van der Waals surface area contributed by atoms with E-state index in [-0.39, 0.29) is 35.9 Å². The van der Waals surface area contributed by atoms with Gasteiger partial charge in [-0.1, -0.05) is 19.1 Å². The monoisotopic (exact) mass is 465 g/mol. The Morgan fingerprint density at radius 1 is 1.25 bits per heavy atom. The van der Waals surface area contributed by atoms with E-state index in [0.717, 1.165) is 6.07 Å². The van der Waals surface area contributed by atoms with E-state index in [1.165, 1.54) is 17.0 Å². The third-order valence-corrected chi connectivity index (χ3v) is 4.67. The number of nitrogens with one attached hydrogen (secondary N) is 2. The van der Waals surface area contributed by atoms with Crippen molar-refractivity contribution < 1.29 is 8.78 Å². The van der Waals surface area contributed by atoms with Gasteiger partial charge in [0.2, 0.25) is 0 Å². The summed E-state index contributed by atoms with van der Waals surface area (Å²) in [4.78, 5) is 5.40. The Morgan fingerprint density at radius 2 is 2.00 bits per heavy atom.